The number of alkyl halides is 2. The Labute approximate surface area is 181 Å². The van der Waals surface area contributed by atoms with Gasteiger partial charge in [0.05, 0.1) is 9.99 Å². The molecule has 1 saturated carbocycles. The van der Waals surface area contributed by atoms with E-state index in [1.54, 1.807) is 24.5 Å². The highest BCUT2D eigenvalue weighted by molar-refractivity contribution is 9.10. The summed E-state index contributed by atoms with van der Waals surface area (Å²) in [6.45, 7) is 2.03. The lowest BCUT2D eigenvalue weighted by Crippen LogP contribution is -2.48. The molecular weight excluding hydrogens is 458 g/mol. The number of rotatable bonds is 5. The number of nitrogens with one attached hydrogen (secondary N) is 1. The second-order valence-corrected chi connectivity index (χ2v) is 8.93. The van der Waals surface area contributed by atoms with Gasteiger partial charge in [-0.2, -0.15) is 8.78 Å². The normalized spacial score (nSPS) is 24.0. The monoisotopic (exact) mass is 480 g/mol. The van der Waals surface area contributed by atoms with Gasteiger partial charge in [0, 0.05) is 43.3 Å². The molecule has 3 atom stereocenters. The van der Waals surface area contributed by atoms with Crippen LogP contribution in [0.2, 0.25) is 0 Å². The second-order valence-electron chi connectivity index (χ2n) is 8.08. The van der Waals surface area contributed by atoms with Gasteiger partial charge in [-0.25, -0.2) is 4.98 Å². The summed E-state index contributed by atoms with van der Waals surface area (Å²) >= 11 is 3.40. The molecule has 9 heteroatoms. The van der Waals surface area contributed by atoms with E-state index in [-0.39, 0.29) is 23.8 Å². The lowest BCUT2D eigenvalue weighted by atomic mass is 9.92. The van der Waals surface area contributed by atoms with Gasteiger partial charge in [0.25, 0.3) is 11.8 Å². The average Bonchev–Trinajstić information content (AvgIpc) is 3.52. The number of nitrogens with zero attached hydrogens (tertiary/aromatic N) is 3. The number of fused-ring (bicyclic) bond motifs is 1. The number of likely N-dealkylation sites (tertiary alicyclic amines) is 1. The second kappa shape index (κ2) is 8.17. The Morgan fingerprint density at radius 2 is 2.13 bits per heavy atom. The Kier molecular flexibility index (Phi) is 5.74. The molecule has 3 heterocycles. The summed E-state index contributed by atoms with van der Waals surface area (Å²) < 4.78 is 28.3. The summed E-state index contributed by atoms with van der Waals surface area (Å²) in [5.41, 5.74) is 0.992. The van der Waals surface area contributed by atoms with Crippen molar-refractivity contribution in [1.82, 2.24) is 20.2 Å². The van der Waals surface area contributed by atoms with E-state index < -0.39 is 18.3 Å². The lowest BCUT2D eigenvalue weighted by molar-refractivity contribution is -0.159. The molecule has 1 saturated heterocycles. The van der Waals surface area contributed by atoms with Gasteiger partial charge in [0.2, 0.25) is 0 Å². The van der Waals surface area contributed by atoms with E-state index in [4.69, 9.17) is 0 Å². The van der Waals surface area contributed by atoms with Crippen LogP contribution in [0, 0.1) is 11.8 Å². The number of piperidine rings is 1. The molecule has 3 unspecified atom stereocenters. The van der Waals surface area contributed by atoms with Crippen LogP contribution in [-0.2, 0) is 4.79 Å². The van der Waals surface area contributed by atoms with Gasteiger partial charge in [0.1, 0.15) is 5.69 Å². The van der Waals surface area contributed by atoms with E-state index in [1.807, 2.05) is 0 Å². The van der Waals surface area contributed by atoms with Gasteiger partial charge in [-0.3, -0.25) is 14.6 Å². The molecule has 2 aromatic heterocycles. The molecule has 160 valence electrons. The maximum absolute atomic E-state index is 13.8. The molecule has 2 amide bonds. The zero-order chi connectivity index (χ0) is 21.5. The first-order valence-corrected chi connectivity index (χ1v) is 11.0. The molecule has 1 N–H and O–H groups in total. The number of carbonyl (C=O) groups is 2. The first-order valence-electron chi connectivity index (χ1n) is 10.2. The maximum Gasteiger partial charge on any atom is 0.324 e. The van der Waals surface area contributed by atoms with Gasteiger partial charge in [0.15, 0.2) is 0 Å². The van der Waals surface area contributed by atoms with E-state index in [1.165, 1.54) is 11.8 Å². The van der Waals surface area contributed by atoms with Gasteiger partial charge >= 0.3 is 5.92 Å². The predicted molar refractivity (Wildman–Crippen MR) is 111 cm³/mol. The molecule has 2 aliphatic rings. The van der Waals surface area contributed by atoms with E-state index in [0.717, 1.165) is 22.7 Å². The molecule has 2 aromatic rings. The smallest absolute Gasteiger partial charge is 0.324 e. The Morgan fingerprint density at radius 3 is 2.90 bits per heavy atom. The van der Waals surface area contributed by atoms with Crippen molar-refractivity contribution < 1.29 is 18.4 Å². The van der Waals surface area contributed by atoms with E-state index in [9.17, 15) is 18.4 Å². The van der Waals surface area contributed by atoms with Crippen LogP contribution in [0.3, 0.4) is 0 Å². The fraction of sp³-hybridized carbons (Fsp3) is 0.524. The number of hydrogen-bond donors (Lipinski definition) is 1. The Balaban J connectivity index is 1.37. The SMILES string of the molecule is CCC(F)(F)C(=O)N1CCCC(C2CC2NC(=O)c2ccc3cncc(Br)c3n2)C1. The molecule has 30 heavy (non-hydrogen) atoms. The molecule has 1 aliphatic carbocycles. The van der Waals surface area contributed by atoms with Crippen LogP contribution in [0.25, 0.3) is 10.9 Å². The highest BCUT2D eigenvalue weighted by Crippen LogP contribution is 2.42. The summed E-state index contributed by atoms with van der Waals surface area (Å²) in [7, 11) is 0. The topological polar surface area (TPSA) is 75.2 Å². The highest BCUT2D eigenvalue weighted by atomic mass is 79.9. The molecule has 2 fully saturated rings. The minimum Gasteiger partial charge on any atom is -0.348 e. The summed E-state index contributed by atoms with van der Waals surface area (Å²) in [5, 5.41) is 3.84. The molecule has 1 aliphatic heterocycles. The number of pyridine rings is 2. The average molecular weight is 481 g/mol. The fourth-order valence-corrected chi connectivity index (χ4v) is 4.64. The molecule has 6 nitrogen and oxygen atoms in total. The van der Waals surface area contributed by atoms with E-state index in [2.05, 4.69) is 31.2 Å². The Bertz CT molecular complexity index is 987. The minimum atomic E-state index is -3.30. The molecule has 0 bridgehead atoms. The van der Waals surface area contributed by atoms with Crippen molar-refractivity contribution >= 4 is 38.6 Å². The number of aromatic nitrogens is 2. The predicted octanol–water partition coefficient (Wildman–Crippen LogP) is 3.79. The van der Waals surface area contributed by atoms with Crippen molar-refractivity contribution in [1.29, 1.82) is 0 Å². The first kappa shape index (κ1) is 21.1. The summed E-state index contributed by atoms with van der Waals surface area (Å²) in [5.74, 6) is -4.29. The largest absolute Gasteiger partial charge is 0.348 e. The van der Waals surface area contributed by atoms with Crippen LogP contribution < -0.4 is 5.32 Å². The van der Waals surface area contributed by atoms with E-state index in [0.29, 0.717) is 30.7 Å². The third kappa shape index (κ3) is 4.17. The summed E-state index contributed by atoms with van der Waals surface area (Å²) in [6.07, 6.45) is 5.22. The molecule has 0 aromatic carbocycles. The summed E-state index contributed by atoms with van der Waals surface area (Å²) in [6, 6.07) is 3.46. The Hall–Kier alpha value is -2.16. The lowest BCUT2D eigenvalue weighted by Gasteiger charge is -2.35. The van der Waals surface area contributed by atoms with Crippen molar-refractivity contribution in [3.05, 3.63) is 34.7 Å². The van der Waals surface area contributed by atoms with Gasteiger partial charge in [-0.1, -0.05) is 6.92 Å². The summed E-state index contributed by atoms with van der Waals surface area (Å²) in [4.78, 5) is 34.6. The number of halogens is 3. The third-order valence-electron chi connectivity index (χ3n) is 6.05. The third-order valence-corrected chi connectivity index (χ3v) is 6.63. The fourth-order valence-electron chi connectivity index (χ4n) is 4.21. The van der Waals surface area contributed by atoms with E-state index >= 15 is 0 Å². The number of hydrogen-bond acceptors (Lipinski definition) is 4. The number of carbonyl (C=O) groups excluding carboxylic acids is 2. The number of amides is 2. The van der Waals surface area contributed by atoms with Crippen LogP contribution in [0.15, 0.2) is 29.0 Å². The maximum atomic E-state index is 13.8. The van der Waals surface area contributed by atoms with Crippen molar-refractivity contribution in [2.24, 2.45) is 11.8 Å². The van der Waals surface area contributed by atoms with Gasteiger partial charge in [-0.15, -0.1) is 0 Å². The van der Waals surface area contributed by atoms with Crippen molar-refractivity contribution in [2.45, 2.75) is 44.6 Å². The van der Waals surface area contributed by atoms with Crippen molar-refractivity contribution in [2.75, 3.05) is 13.1 Å². The van der Waals surface area contributed by atoms with Crippen molar-refractivity contribution in [3.8, 4) is 0 Å². The zero-order valence-electron chi connectivity index (χ0n) is 16.6. The molecule has 0 spiro atoms. The minimum absolute atomic E-state index is 0.0115. The first-order chi connectivity index (χ1) is 14.3. The standard InChI is InChI=1S/C21H23BrF2N4O2/c1-2-21(23,24)20(30)28-7-3-4-13(11-28)14-8-17(14)27-19(29)16-6-5-12-9-25-10-15(22)18(12)26-16/h5-6,9-10,13-14,17H,2-4,7-8,11H2,1H3,(H,27,29). The van der Waals surface area contributed by atoms with Crippen LogP contribution in [0.5, 0.6) is 0 Å². The van der Waals surface area contributed by atoms with Crippen LogP contribution in [0.4, 0.5) is 8.78 Å². The van der Waals surface area contributed by atoms with Crippen LogP contribution >= 0.6 is 15.9 Å². The zero-order valence-corrected chi connectivity index (χ0v) is 18.2. The molecule has 0 radical (unpaired) electrons. The van der Waals surface area contributed by atoms with Crippen LogP contribution in [0.1, 0.15) is 43.1 Å². The molecule has 4 rings (SSSR count). The molecular formula is C21H23BrF2N4O2. The highest BCUT2D eigenvalue weighted by Gasteiger charge is 2.48. The quantitative estimate of drug-likeness (QED) is 0.706. The Morgan fingerprint density at radius 1 is 1.33 bits per heavy atom. The van der Waals surface area contributed by atoms with Gasteiger partial charge in [-0.05, 0) is 59.2 Å². The van der Waals surface area contributed by atoms with Crippen molar-refractivity contribution in [3.63, 3.8) is 0 Å². The van der Waals surface area contributed by atoms with Gasteiger partial charge < -0.3 is 10.2 Å². The van der Waals surface area contributed by atoms with Crippen LogP contribution in [-0.4, -0.2) is 51.7 Å².